The van der Waals surface area contributed by atoms with E-state index in [0.29, 0.717) is 36.5 Å². The molecule has 4 aliphatic heterocycles. The fourth-order valence-corrected chi connectivity index (χ4v) is 10.6. The number of rotatable bonds is 8. The smallest absolute Gasteiger partial charge is 0.264 e. The van der Waals surface area contributed by atoms with Gasteiger partial charge < -0.3 is 33.4 Å². The Kier molecular flexibility index (Phi) is 8.08. The maximum absolute atomic E-state index is 16.2. The van der Waals surface area contributed by atoms with Crippen molar-refractivity contribution in [3.63, 3.8) is 0 Å². The first-order valence-electron chi connectivity index (χ1n) is 15.7. The number of halogens is 1. The molecule has 5 atom stereocenters. The summed E-state index contributed by atoms with van der Waals surface area (Å²) in [5, 5.41) is 9.81. The predicted molar refractivity (Wildman–Crippen MR) is 167 cm³/mol. The van der Waals surface area contributed by atoms with Crippen molar-refractivity contribution in [3.8, 4) is 5.75 Å². The van der Waals surface area contributed by atoms with E-state index >= 15 is 4.11 Å². The van der Waals surface area contributed by atoms with E-state index in [1.54, 1.807) is 47.0 Å². The lowest BCUT2D eigenvalue weighted by atomic mass is 9.82. The van der Waals surface area contributed by atoms with Crippen LogP contribution < -0.4 is 14.5 Å². The van der Waals surface area contributed by atoms with Crippen molar-refractivity contribution in [2.75, 3.05) is 36.6 Å². The first-order chi connectivity index (χ1) is 21.0. The zero-order chi connectivity index (χ0) is 31.4. The summed E-state index contributed by atoms with van der Waals surface area (Å²) in [5.41, 5.74) is 0.835. The number of fused-ring (bicyclic) bond motifs is 2. The molecule has 2 aromatic carbocycles. The van der Waals surface area contributed by atoms with Gasteiger partial charge in [0.1, 0.15) is 5.75 Å². The fraction of sp³-hybridized carbons (Fsp3) is 0.545. The number of carbonyl (C=O) groups excluding carboxylic acids is 3. The maximum Gasteiger partial charge on any atom is 0.264 e. The highest BCUT2D eigenvalue weighted by Gasteiger charge is 2.67. The molecule has 3 amide bonds. The van der Waals surface area contributed by atoms with Gasteiger partial charge in [0.15, 0.2) is 5.60 Å². The Bertz CT molecular complexity index is 1470. The number of hydrogen-bond acceptors (Lipinski definition) is 6. The van der Waals surface area contributed by atoms with Crippen LogP contribution in [-0.2, 0) is 31.3 Å². The van der Waals surface area contributed by atoms with Gasteiger partial charge in [-0.1, -0.05) is 19.1 Å². The Hall–Kier alpha value is -3.28. The van der Waals surface area contributed by atoms with Gasteiger partial charge in [-0.2, -0.15) is 0 Å². The Balaban J connectivity index is 1.37. The quantitative estimate of drug-likeness (QED) is 0.343. The van der Waals surface area contributed by atoms with E-state index in [-0.39, 0.29) is 43.3 Å². The second kappa shape index (κ2) is 11.6. The van der Waals surface area contributed by atoms with Crippen LogP contribution in [0, 0.1) is 5.92 Å². The summed E-state index contributed by atoms with van der Waals surface area (Å²) in [7, 11) is -1.90. The minimum Gasteiger partial charge on any atom is -0.497 e. The number of amides is 3. The number of ether oxygens (including phenoxy) is 2. The van der Waals surface area contributed by atoms with Crippen LogP contribution >= 0.6 is 0 Å². The summed E-state index contributed by atoms with van der Waals surface area (Å²) in [6, 6.07) is 12.9. The SMILES string of the molecule is COc1ccc2c(c1)[C@@]1(O[C@H](CC(=O)N3CCC[C@H]3CO)[C@@H]([Si](C)(C)F)[C@@H]1C)C(=O)N2Cc1cccc(N2CCCC2=O)c1. The summed E-state index contributed by atoms with van der Waals surface area (Å²) >= 11 is 0. The van der Waals surface area contributed by atoms with Gasteiger partial charge in [-0.3, -0.25) is 14.4 Å². The number of nitrogens with zero attached hydrogens (tertiary/aromatic N) is 3. The van der Waals surface area contributed by atoms with Crippen LogP contribution in [0.15, 0.2) is 42.5 Å². The molecule has 0 unspecified atom stereocenters. The predicted octanol–water partition coefficient (Wildman–Crippen LogP) is 4.52. The van der Waals surface area contributed by atoms with Crippen molar-refractivity contribution in [1.82, 2.24) is 4.90 Å². The standard InChI is InChI=1S/C33H42FN3O6Si/c1-21-31(44(3,4)34)28(18-30(40)36-14-6-10-24(36)20-38)43-33(21)26-17-25(42-2)12-13-27(26)37(32(33)41)19-22-8-5-9-23(16-22)35-15-7-11-29(35)39/h5,8-9,12-13,16-17,21,24,28,31,38H,6-7,10-11,14-15,18-20H2,1-4H3/t21-,24-,28+,31-,33+/m0/s1. The average molecular weight is 624 g/mol. The highest BCUT2D eigenvalue weighted by atomic mass is 28.4. The van der Waals surface area contributed by atoms with E-state index in [1.165, 1.54) is 0 Å². The third kappa shape index (κ3) is 5.02. The number of aliphatic hydroxyl groups is 1. The zero-order valence-electron chi connectivity index (χ0n) is 25.9. The van der Waals surface area contributed by atoms with Crippen molar-refractivity contribution in [2.24, 2.45) is 5.92 Å². The largest absolute Gasteiger partial charge is 0.497 e. The number of benzene rings is 2. The lowest BCUT2D eigenvalue weighted by Gasteiger charge is -2.31. The van der Waals surface area contributed by atoms with Crippen molar-refractivity contribution < 1.29 is 33.1 Å². The molecular weight excluding hydrogens is 581 g/mol. The Morgan fingerprint density at radius 3 is 2.64 bits per heavy atom. The van der Waals surface area contributed by atoms with Crippen LogP contribution in [0.1, 0.15) is 50.2 Å². The molecule has 0 aliphatic carbocycles. The number of methoxy groups -OCH3 is 1. The maximum atomic E-state index is 16.2. The van der Waals surface area contributed by atoms with Gasteiger partial charge in [0.05, 0.1) is 44.5 Å². The number of aliphatic hydroxyl groups excluding tert-OH is 1. The number of anilines is 2. The van der Waals surface area contributed by atoms with Gasteiger partial charge in [-0.15, -0.1) is 0 Å². The minimum absolute atomic E-state index is 0.0495. The highest BCUT2D eigenvalue weighted by Crippen LogP contribution is 2.60. The van der Waals surface area contributed by atoms with Gasteiger partial charge in [-0.25, -0.2) is 0 Å². The molecule has 1 spiro atoms. The second-order valence-corrected chi connectivity index (χ2v) is 16.9. The van der Waals surface area contributed by atoms with E-state index in [9.17, 15) is 19.5 Å². The zero-order valence-corrected chi connectivity index (χ0v) is 26.9. The van der Waals surface area contributed by atoms with Gasteiger partial charge in [0.2, 0.25) is 20.2 Å². The molecule has 4 heterocycles. The number of likely N-dealkylation sites (tertiary alicyclic amines) is 1. The van der Waals surface area contributed by atoms with E-state index in [2.05, 4.69) is 0 Å². The van der Waals surface area contributed by atoms with Crippen molar-refractivity contribution in [2.45, 2.75) is 82.0 Å². The van der Waals surface area contributed by atoms with E-state index in [0.717, 1.165) is 30.5 Å². The Morgan fingerprint density at radius 2 is 1.95 bits per heavy atom. The van der Waals surface area contributed by atoms with Gasteiger partial charge >= 0.3 is 0 Å². The molecule has 9 nitrogen and oxygen atoms in total. The monoisotopic (exact) mass is 623 g/mol. The minimum atomic E-state index is -3.46. The van der Waals surface area contributed by atoms with Crippen LogP contribution in [0.4, 0.5) is 15.5 Å². The highest BCUT2D eigenvalue weighted by molar-refractivity contribution is 6.72. The van der Waals surface area contributed by atoms with Crippen molar-refractivity contribution in [1.29, 1.82) is 0 Å². The van der Waals surface area contributed by atoms with Crippen LogP contribution in [0.5, 0.6) is 5.75 Å². The fourth-order valence-electron chi connectivity index (χ4n) is 8.08. The van der Waals surface area contributed by atoms with E-state index in [1.807, 2.05) is 37.3 Å². The molecule has 236 valence electrons. The average Bonchev–Trinajstić information content (AvgIpc) is 3.76. The number of carbonyl (C=O) groups is 3. The molecule has 4 aliphatic rings. The van der Waals surface area contributed by atoms with Crippen LogP contribution in [-0.4, -0.2) is 75.1 Å². The lowest BCUT2D eigenvalue weighted by molar-refractivity contribution is -0.150. The third-order valence-electron chi connectivity index (χ3n) is 10.1. The van der Waals surface area contributed by atoms with Gasteiger partial charge in [0.25, 0.3) is 5.91 Å². The molecule has 11 heteroatoms. The van der Waals surface area contributed by atoms with E-state index in [4.69, 9.17) is 9.47 Å². The Morgan fingerprint density at radius 1 is 1.16 bits per heavy atom. The topological polar surface area (TPSA) is 99.6 Å². The van der Waals surface area contributed by atoms with Crippen LogP contribution in [0.2, 0.25) is 18.6 Å². The van der Waals surface area contributed by atoms with Crippen molar-refractivity contribution in [3.05, 3.63) is 53.6 Å². The van der Waals surface area contributed by atoms with Gasteiger partial charge in [-0.05, 0) is 68.3 Å². The molecule has 44 heavy (non-hydrogen) atoms. The first-order valence-corrected chi connectivity index (χ1v) is 18.6. The van der Waals surface area contributed by atoms with Crippen LogP contribution in [0.3, 0.4) is 0 Å². The van der Waals surface area contributed by atoms with Crippen LogP contribution in [0.25, 0.3) is 0 Å². The number of hydrogen-bond donors (Lipinski definition) is 1. The summed E-state index contributed by atoms with van der Waals surface area (Å²) in [6.07, 6.45) is 2.04. The lowest BCUT2D eigenvalue weighted by Crippen LogP contribution is -2.45. The first kappa shape index (κ1) is 30.7. The molecule has 3 fully saturated rings. The summed E-state index contributed by atoms with van der Waals surface area (Å²) < 4.78 is 28.6. The molecular formula is C33H42FN3O6Si. The molecule has 2 aromatic rings. The third-order valence-corrected chi connectivity index (χ3v) is 12.5. The second-order valence-electron chi connectivity index (χ2n) is 13.1. The molecule has 0 bridgehead atoms. The molecule has 0 saturated carbocycles. The molecule has 3 saturated heterocycles. The summed E-state index contributed by atoms with van der Waals surface area (Å²) in [4.78, 5) is 45.8. The summed E-state index contributed by atoms with van der Waals surface area (Å²) in [6.45, 7) is 6.46. The summed E-state index contributed by atoms with van der Waals surface area (Å²) in [5.74, 6) is -0.369. The normalized spacial score (nSPS) is 28.5. The molecule has 0 aromatic heterocycles. The molecule has 0 radical (unpaired) electrons. The van der Waals surface area contributed by atoms with E-state index < -0.39 is 31.6 Å². The van der Waals surface area contributed by atoms with Crippen molar-refractivity contribution >= 4 is 37.5 Å². The van der Waals surface area contributed by atoms with Gasteiger partial charge in [0, 0.05) is 42.2 Å². The Labute approximate surface area is 259 Å². The molecule has 1 N–H and O–H groups in total. The molecule has 6 rings (SSSR count).